The van der Waals surface area contributed by atoms with Crippen LogP contribution in [0, 0.1) is 0 Å². The zero-order chi connectivity index (χ0) is 14.8. The lowest BCUT2D eigenvalue weighted by Crippen LogP contribution is -2.50. The van der Waals surface area contributed by atoms with Crippen molar-refractivity contribution < 1.29 is 5.11 Å². The monoisotopic (exact) mass is 277 g/mol. The maximum atomic E-state index is 9.90. The molecule has 1 heterocycles. The lowest BCUT2D eigenvalue weighted by atomic mass is 10.0. The van der Waals surface area contributed by atoms with Gasteiger partial charge in [-0.15, -0.1) is 0 Å². The SMILES string of the molecule is C[C@H](N)c1ccccc1N1CCN(CC(C)(C)O)CC1. The van der Waals surface area contributed by atoms with Crippen molar-refractivity contribution in [3.05, 3.63) is 29.8 Å². The van der Waals surface area contributed by atoms with Crippen LogP contribution < -0.4 is 10.6 Å². The molecule has 4 heteroatoms. The molecule has 1 atom stereocenters. The van der Waals surface area contributed by atoms with Gasteiger partial charge in [0, 0.05) is 44.5 Å². The molecule has 0 amide bonds. The van der Waals surface area contributed by atoms with Crippen LogP contribution in [0.4, 0.5) is 5.69 Å². The first-order valence-electron chi connectivity index (χ1n) is 7.41. The summed E-state index contributed by atoms with van der Waals surface area (Å²) >= 11 is 0. The number of hydrogen-bond acceptors (Lipinski definition) is 4. The molecule has 1 aliphatic rings. The van der Waals surface area contributed by atoms with Gasteiger partial charge in [0.05, 0.1) is 5.60 Å². The second-order valence-corrected chi connectivity index (χ2v) is 6.42. The molecule has 1 aromatic carbocycles. The molecule has 112 valence electrons. The molecule has 0 radical (unpaired) electrons. The van der Waals surface area contributed by atoms with Crippen molar-refractivity contribution in [3.63, 3.8) is 0 Å². The first-order valence-corrected chi connectivity index (χ1v) is 7.41. The summed E-state index contributed by atoms with van der Waals surface area (Å²) < 4.78 is 0. The quantitative estimate of drug-likeness (QED) is 0.878. The topological polar surface area (TPSA) is 52.7 Å². The normalized spacial score (nSPS) is 19.1. The van der Waals surface area contributed by atoms with Crippen LogP contribution in [0.3, 0.4) is 0 Å². The van der Waals surface area contributed by atoms with Gasteiger partial charge in [-0.25, -0.2) is 0 Å². The van der Waals surface area contributed by atoms with E-state index >= 15 is 0 Å². The summed E-state index contributed by atoms with van der Waals surface area (Å²) in [5.41, 5.74) is 7.91. The summed E-state index contributed by atoms with van der Waals surface area (Å²) in [6.07, 6.45) is 0. The van der Waals surface area contributed by atoms with Crippen LogP contribution in [0.2, 0.25) is 0 Å². The Morgan fingerprint density at radius 3 is 2.35 bits per heavy atom. The zero-order valence-corrected chi connectivity index (χ0v) is 12.8. The van der Waals surface area contributed by atoms with Gasteiger partial charge < -0.3 is 15.7 Å². The molecule has 4 nitrogen and oxygen atoms in total. The highest BCUT2D eigenvalue weighted by Crippen LogP contribution is 2.26. The molecule has 0 saturated carbocycles. The van der Waals surface area contributed by atoms with Crippen LogP contribution in [-0.4, -0.2) is 48.3 Å². The van der Waals surface area contributed by atoms with Crippen molar-refractivity contribution in [1.82, 2.24) is 4.90 Å². The van der Waals surface area contributed by atoms with E-state index in [0.717, 1.165) is 32.7 Å². The number of para-hydroxylation sites is 1. The highest BCUT2D eigenvalue weighted by Gasteiger charge is 2.23. The standard InChI is InChI=1S/C16H27N3O/c1-13(17)14-6-4-5-7-15(14)19-10-8-18(9-11-19)12-16(2,3)20/h4-7,13,20H,8-12,17H2,1-3H3/t13-/m0/s1. The number of anilines is 1. The Balaban J connectivity index is 2.01. The summed E-state index contributed by atoms with van der Waals surface area (Å²) in [6, 6.07) is 8.45. The van der Waals surface area contributed by atoms with E-state index in [2.05, 4.69) is 28.0 Å². The summed E-state index contributed by atoms with van der Waals surface area (Å²) in [7, 11) is 0. The number of nitrogens with zero attached hydrogens (tertiary/aromatic N) is 2. The highest BCUT2D eigenvalue weighted by molar-refractivity contribution is 5.55. The number of hydrogen-bond donors (Lipinski definition) is 2. The Bertz CT molecular complexity index is 432. The van der Waals surface area contributed by atoms with Gasteiger partial charge in [0.1, 0.15) is 0 Å². The van der Waals surface area contributed by atoms with Crippen molar-refractivity contribution in [3.8, 4) is 0 Å². The third-order valence-corrected chi connectivity index (χ3v) is 3.75. The Morgan fingerprint density at radius 1 is 1.20 bits per heavy atom. The molecule has 2 rings (SSSR count). The van der Waals surface area contributed by atoms with Crippen molar-refractivity contribution in [2.45, 2.75) is 32.4 Å². The predicted octanol–water partition coefficient (Wildman–Crippen LogP) is 1.60. The van der Waals surface area contributed by atoms with Gasteiger partial charge in [-0.05, 0) is 32.4 Å². The first kappa shape index (κ1) is 15.3. The van der Waals surface area contributed by atoms with E-state index in [1.54, 1.807) is 0 Å². The van der Waals surface area contributed by atoms with E-state index in [0.29, 0.717) is 0 Å². The Hall–Kier alpha value is -1.10. The minimum absolute atomic E-state index is 0.0561. The molecule has 0 spiro atoms. The second-order valence-electron chi connectivity index (χ2n) is 6.42. The van der Waals surface area contributed by atoms with E-state index in [1.165, 1.54) is 11.3 Å². The fourth-order valence-electron chi connectivity index (χ4n) is 2.85. The van der Waals surface area contributed by atoms with Crippen LogP contribution in [0.15, 0.2) is 24.3 Å². The lowest BCUT2D eigenvalue weighted by molar-refractivity contribution is 0.0345. The van der Waals surface area contributed by atoms with Gasteiger partial charge in [0.15, 0.2) is 0 Å². The number of piperazine rings is 1. The number of β-amino-alcohol motifs (C(OH)–C–C–N with tert-alkyl or cyclic N) is 1. The van der Waals surface area contributed by atoms with Gasteiger partial charge in [0.2, 0.25) is 0 Å². The molecule has 0 aromatic heterocycles. The Labute approximate surface area is 122 Å². The summed E-state index contributed by atoms with van der Waals surface area (Å²) in [5.74, 6) is 0. The molecule has 1 aromatic rings. The maximum absolute atomic E-state index is 9.90. The zero-order valence-electron chi connectivity index (χ0n) is 12.8. The molecular weight excluding hydrogens is 250 g/mol. The van der Waals surface area contributed by atoms with Crippen LogP contribution in [-0.2, 0) is 0 Å². The average Bonchev–Trinajstić information content (AvgIpc) is 2.38. The van der Waals surface area contributed by atoms with E-state index in [4.69, 9.17) is 5.73 Å². The molecule has 1 fully saturated rings. The van der Waals surface area contributed by atoms with Crippen LogP contribution in [0.1, 0.15) is 32.4 Å². The minimum Gasteiger partial charge on any atom is -0.389 e. The predicted molar refractivity (Wildman–Crippen MR) is 84.0 cm³/mol. The summed E-state index contributed by atoms with van der Waals surface area (Å²) in [5, 5.41) is 9.90. The van der Waals surface area contributed by atoms with Gasteiger partial charge in [-0.2, -0.15) is 0 Å². The van der Waals surface area contributed by atoms with Crippen molar-refractivity contribution in [2.75, 3.05) is 37.6 Å². The van der Waals surface area contributed by atoms with E-state index in [9.17, 15) is 5.11 Å². The van der Waals surface area contributed by atoms with Crippen molar-refractivity contribution >= 4 is 5.69 Å². The van der Waals surface area contributed by atoms with E-state index < -0.39 is 5.60 Å². The smallest absolute Gasteiger partial charge is 0.0718 e. The van der Waals surface area contributed by atoms with E-state index in [-0.39, 0.29) is 6.04 Å². The Kier molecular flexibility index (Phi) is 4.68. The number of benzene rings is 1. The van der Waals surface area contributed by atoms with Crippen LogP contribution in [0.25, 0.3) is 0 Å². The third-order valence-electron chi connectivity index (χ3n) is 3.75. The number of aliphatic hydroxyl groups is 1. The number of nitrogens with two attached hydrogens (primary N) is 1. The summed E-state index contributed by atoms with van der Waals surface area (Å²) in [4.78, 5) is 4.73. The van der Waals surface area contributed by atoms with Crippen LogP contribution in [0.5, 0.6) is 0 Å². The van der Waals surface area contributed by atoms with Crippen molar-refractivity contribution in [1.29, 1.82) is 0 Å². The van der Waals surface area contributed by atoms with Crippen LogP contribution >= 0.6 is 0 Å². The van der Waals surface area contributed by atoms with Gasteiger partial charge in [0.25, 0.3) is 0 Å². The molecule has 1 aliphatic heterocycles. The lowest BCUT2D eigenvalue weighted by Gasteiger charge is -2.39. The van der Waals surface area contributed by atoms with Crippen molar-refractivity contribution in [2.24, 2.45) is 5.73 Å². The average molecular weight is 277 g/mol. The fraction of sp³-hybridized carbons (Fsp3) is 0.625. The van der Waals surface area contributed by atoms with Gasteiger partial charge in [-0.3, -0.25) is 4.90 Å². The molecule has 20 heavy (non-hydrogen) atoms. The fourth-order valence-corrected chi connectivity index (χ4v) is 2.85. The Morgan fingerprint density at radius 2 is 1.80 bits per heavy atom. The molecular formula is C16H27N3O. The number of rotatable bonds is 4. The highest BCUT2D eigenvalue weighted by atomic mass is 16.3. The minimum atomic E-state index is -0.619. The maximum Gasteiger partial charge on any atom is 0.0718 e. The molecule has 3 N–H and O–H groups in total. The summed E-state index contributed by atoms with van der Waals surface area (Å²) in [6.45, 7) is 10.4. The molecule has 0 bridgehead atoms. The van der Waals surface area contributed by atoms with Gasteiger partial charge in [-0.1, -0.05) is 18.2 Å². The van der Waals surface area contributed by atoms with Gasteiger partial charge >= 0.3 is 0 Å². The molecule has 1 saturated heterocycles. The molecule has 0 unspecified atom stereocenters. The second kappa shape index (κ2) is 6.12. The largest absolute Gasteiger partial charge is 0.389 e. The van der Waals surface area contributed by atoms with E-state index in [1.807, 2.05) is 26.8 Å². The third kappa shape index (κ3) is 3.95. The first-order chi connectivity index (χ1) is 9.37. The molecule has 0 aliphatic carbocycles.